The summed E-state index contributed by atoms with van der Waals surface area (Å²) in [7, 11) is 0. The summed E-state index contributed by atoms with van der Waals surface area (Å²) in [5.41, 5.74) is 1.68. The first-order chi connectivity index (χ1) is 13.7. The summed E-state index contributed by atoms with van der Waals surface area (Å²) >= 11 is 0. The topological polar surface area (TPSA) is 85.9 Å². The number of Topliss-reactive ketones (excluding diaryl/α,β-unsaturated/α-hetero) is 1. The lowest BCUT2D eigenvalue weighted by Gasteiger charge is -2.26. The van der Waals surface area contributed by atoms with E-state index in [-0.39, 0.29) is 11.8 Å². The zero-order chi connectivity index (χ0) is 19.5. The Kier molecular flexibility index (Phi) is 4.89. The molecule has 2 heterocycles. The Balaban J connectivity index is 1.64. The number of nitrogens with one attached hydrogen (secondary N) is 2. The SMILES string of the molecule is CCOc1ccc(C2NC(=O)NC=C2C(=O)c2ccc3c(c2)OCCO3)cc1. The molecule has 28 heavy (non-hydrogen) atoms. The van der Waals surface area contributed by atoms with Gasteiger partial charge in [-0.05, 0) is 42.8 Å². The third kappa shape index (κ3) is 3.51. The fourth-order valence-electron chi connectivity index (χ4n) is 3.21. The molecule has 7 nitrogen and oxygen atoms in total. The maximum atomic E-state index is 13.2. The monoisotopic (exact) mass is 380 g/mol. The van der Waals surface area contributed by atoms with Gasteiger partial charge >= 0.3 is 6.03 Å². The molecule has 1 unspecified atom stereocenters. The molecule has 144 valence electrons. The van der Waals surface area contributed by atoms with Crippen molar-refractivity contribution in [1.82, 2.24) is 10.6 Å². The average Bonchev–Trinajstić information content (AvgIpc) is 2.73. The van der Waals surface area contributed by atoms with Gasteiger partial charge in [0.05, 0.1) is 12.6 Å². The van der Waals surface area contributed by atoms with Crippen molar-refractivity contribution in [2.75, 3.05) is 19.8 Å². The molecule has 2 amide bonds. The molecule has 0 saturated carbocycles. The molecular formula is C21H20N2O5. The van der Waals surface area contributed by atoms with Gasteiger partial charge in [-0.1, -0.05) is 12.1 Å². The number of hydrogen-bond acceptors (Lipinski definition) is 5. The fraction of sp³-hybridized carbons (Fsp3) is 0.238. The van der Waals surface area contributed by atoms with Crippen LogP contribution in [0.15, 0.2) is 54.2 Å². The quantitative estimate of drug-likeness (QED) is 0.779. The minimum absolute atomic E-state index is 0.205. The number of ketones is 1. The van der Waals surface area contributed by atoms with Crippen LogP contribution >= 0.6 is 0 Å². The summed E-state index contributed by atoms with van der Waals surface area (Å²) in [5, 5.41) is 5.37. The van der Waals surface area contributed by atoms with Crippen molar-refractivity contribution in [2.45, 2.75) is 13.0 Å². The number of fused-ring (bicyclic) bond motifs is 1. The summed E-state index contributed by atoms with van der Waals surface area (Å²) < 4.78 is 16.5. The molecule has 2 N–H and O–H groups in total. The van der Waals surface area contributed by atoms with Crippen LogP contribution in [0.5, 0.6) is 17.2 Å². The summed E-state index contributed by atoms with van der Waals surface area (Å²) in [4.78, 5) is 25.0. The molecular weight excluding hydrogens is 360 g/mol. The van der Waals surface area contributed by atoms with E-state index in [4.69, 9.17) is 14.2 Å². The Morgan fingerprint density at radius 3 is 2.61 bits per heavy atom. The van der Waals surface area contributed by atoms with E-state index in [0.717, 1.165) is 11.3 Å². The van der Waals surface area contributed by atoms with Gasteiger partial charge in [0.1, 0.15) is 19.0 Å². The van der Waals surface area contributed by atoms with Gasteiger partial charge in [-0.3, -0.25) is 4.79 Å². The van der Waals surface area contributed by atoms with Crippen LogP contribution in [0.4, 0.5) is 4.79 Å². The Morgan fingerprint density at radius 2 is 1.86 bits per heavy atom. The first-order valence-electron chi connectivity index (χ1n) is 9.10. The lowest BCUT2D eigenvalue weighted by atomic mass is 9.91. The van der Waals surface area contributed by atoms with E-state index < -0.39 is 6.04 Å². The number of hydrogen-bond donors (Lipinski definition) is 2. The highest BCUT2D eigenvalue weighted by Crippen LogP contribution is 2.33. The highest BCUT2D eigenvalue weighted by molar-refractivity contribution is 6.11. The number of ether oxygens (including phenoxy) is 3. The standard InChI is InChI=1S/C21H20N2O5/c1-2-26-15-6-3-13(4-7-15)19-16(12-22-21(25)23-19)20(24)14-5-8-17-18(11-14)28-10-9-27-17/h3-8,11-12,19H,2,9-10H2,1H3,(H2,22,23,25). The average molecular weight is 380 g/mol. The van der Waals surface area contributed by atoms with E-state index in [9.17, 15) is 9.59 Å². The summed E-state index contributed by atoms with van der Waals surface area (Å²) in [5.74, 6) is 1.69. The molecule has 0 fully saturated rings. The summed E-state index contributed by atoms with van der Waals surface area (Å²) in [6, 6.07) is 11.5. The molecule has 0 saturated heterocycles. The second-order valence-corrected chi connectivity index (χ2v) is 6.34. The van der Waals surface area contributed by atoms with Gasteiger partial charge in [0.15, 0.2) is 17.3 Å². The number of benzene rings is 2. The lowest BCUT2D eigenvalue weighted by Crippen LogP contribution is -2.42. The van der Waals surface area contributed by atoms with Crippen molar-refractivity contribution in [3.8, 4) is 17.2 Å². The predicted molar refractivity (Wildman–Crippen MR) is 102 cm³/mol. The number of carbonyl (C=O) groups excluding carboxylic acids is 2. The molecule has 2 aromatic carbocycles. The Labute approximate surface area is 162 Å². The van der Waals surface area contributed by atoms with Crippen molar-refractivity contribution in [2.24, 2.45) is 0 Å². The molecule has 2 aromatic rings. The Bertz CT molecular complexity index is 936. The molecule has 0 aromatic heterocycles. The molecule has 0 aliphatic carbocycles. The second-order valence-electron chi connectivity index (χ2n) is 6.34. The fourth-order valence-corrected chi connectivity index (χ4v) is 3.21. The van der Waals surface area contributed by atoms with Crippen molar-refractivity contribution in [3.05, 3.63) is 65.4 Å². The highest BCUT2D eigenvalue weighted by Gasteiger charge is 2.29. The van der Waals surface area contributed by atoms with Crippen molar-refractivity contribution in [3.63, 3.8) is 0 Å². The predicted octanol–water partition coefficient (Wildman–Crippen LogP) is 2.98. The van der Waals surface area contributed by atoms with Gasteiger partial charge in [-0.25, -0.2) is 4.79 Å². The van der Waals surface area contributed by atoms with Crippen LogP contribution in [0.1, 0.15) is 28.9 Å². The van der Waals surface area contributed by atoms with Crippen LogP contribution in [0.2, 0.25) is 0 Å². The Morgan fingerprint density at radius 1 is 1.11 bits per heavy atom. The van der Waals surface area contributed by atoms with Crippen LogP contribution in [0.3, 0.4) is 0 Å². The molecule has 0 bridgehead atoms. The van der Waals surface area contributed by atoms with E-state index in [2.05, 4.69) is 10.6 Å². The zero-order valence-electron chi connectivity index (χ0n) is 15.4. The van der Waals surface area contributed by atoms with E-state index in [1.165, 1.54) is 6.20 Å². The normalized spacial score (nSPS) is 17.8. The molecule has 0 radical (unpaired) electrons. The van der Waals surface area contributed by atoms with Crippen LogP contribution in [0, 0.1) is 0 Å². The van der Waals surface area contributed by atoms with Gasteiger partial charge in [0.25, 0.3) is 0 Å². The van der Waals surface area contributed by atoms with Crippen LogP contribution < -0.4 is 24.8 Å². The maximum Gasteiger partial charge on any atom is 0.319 e. The second kappa shape index (κ2) is 7.64. The molecule has 7 heteroatoms. The maximum absolute atomic E-state index is 13.2. The smallest absolute Gasteiger partial charge is 0.319 e. The number of carbonyl (C=O) groups is 2. The first-order valence-corrected chi connectivity index (χ1v) is 9.10. The first kappa shape index (κ1) is 17.9. The zero-order valence-corrected chi connectivity index (χ0v) is 15.4. The highest BCUT2D eigenvalue weighted by atomic mass is 16.6. The van der Waals surface area contributed by atoms with Crippen LogP contribution in [-0.2, 0) is 0 Å². The third-order valence-electron chi connectivity index (χ3n) is 4.54. The lowest BCUT2D eigenvalue weighted by molar-refractivity contribution is 0.102. The van der Waals surface area contributed by atoms with E-state index in [1.54, 1.807) is 18.2 Å². The summed E-state index contributed by atoms with van der Waals surface area (Å²) in [6.07, 6.45) is 1.46. The minimum atomic E-state index is -0.565. The van der Waals surface area contributed by atoms with Crippen LogP contribution in [0.25, 0.3) is 0 Å². The molecule has 2 aliphatic rings. The Hall–Kier alpha value is -3.48. The van der Waals surface area contributed by atoms with Gasteiger partial charge < -0.3 is 24.8 Å². The van der Waals surface area contributed by atoms with E-state index >= 15 is 0 Å². The van der Waals surface area contributed by atoms with E-state index in [0.29, 0.717) is 42.5 Å². The number of amides is 2. The molecule has 1 atom stereocenters. The molecule has 4 rings (SSSR count). The van der Waals surface area contributed by atoms with Gasteiger partial charge in [0.2, 0.25) is 0 Å². The minimum Gasteiger partial charge on any atom is -0.494 e. The third-order valence-corrected chi connectivity index (χ3v) is 4.54. The molecule has 0 spiro atoms. The van der Waals surface area contributed by atoms with Crippen molar-refractivity contribution in [1.29, 1.82) is 0 Å². The van der Waals surface area contributed by atoms with E-state index in [1.807, 2.05) is 31.2 Å². The van der Waals surface area contributed by atoms with Gasteiger partial charge in [-0.15, -0.1) is 0 Å². The number of rotatable bonds is 5. The van der Waals surface area contributed by atoms with Crippen LogP contribution in [-0.4, -0.2) is 31.6 Å². The van der Waals surface area contributed by atoms with Gasteiger partial charge in [-0.2, -0.15) is 0 Å². The van der Waals surface area contributed by atoms with Gasteiger partial charge in [0, 0.05) is 17.3 Å². The largest absolute Gasteiger partial charge is 0.494 e. The summed E-state index contributed by atoms with van der Waals surface area (Å²) in [6.45, 7) is 3.41. The van der Waals surface area contributed by atoms with Crippen molar-refractivity contribution >= 4 is 11.8 Å². The number of urea groups is 1. The molecule has 2 aliphatic heterocycles. The van der Waals surface area contributed by atoms with Crippen molar-refractivity contribution < 1.29 is 23.8 Å².